The summed E-state index contributed by atoms with van der Waals surface area (Å²) in [6, 6.07) is 1.64. The molecule has 0 spiro atoms. The molecule has 0 aromatic carbocycles. The quantitative estimate of drug-likeness (QED) is 0.769. The van der Waals surface area contributed by atoms with Gasteiger partial charge in [-0.1, -0.05) is 0 Å². The molecular formula is C14H26N4O2S. The molecule has 1 aromatic rings. The van der Waals surface area contributed by atoms with Crippen LogP contribution in [-0.2, 0) is 23.6 Å². The van der Waals surface area contributed by atoms with Gasteiger partial charge in [-0.15, -0.1) is 0 Å². The summed E-state index contributed by atoms with van der Waals surface area (Å²) < 4.78 is 29.5. The number of aromatic nitrogens is 1. The van der Waals surface area contributed by atoms with Crippen molar-refractivity contribution in [1.29, 1.82) is 0 Å². The van der Waals surface area contributed by atoms with Gasteiger partial charge in [-0.05, 0) is 46.0 Å². The summed E-state index contributed by atoms with van der Waals surface area (Å²) in [7, 11) is 0.259. The highest BCUT2D eigenvalue weighted by Crippen LogP contribution is 2.14. The molecule has 0 aliphatic carbocycles. The van der Waals surface area contributed by atoms with Crippen LogP contribution in [0.5, 0.6) is 0 Å². The highest BCUT2D eigenvalue weighted by atomic mass is 32.2. The molecule has 21 heavy (non-hydrogen) atoms. The predicted octanol–water partition coefficient (Wildman–Crippen LogP) is 0.507. The second-order valence-corrected chi connectivity index (χ2v) is 7.55. The minimum Gasteiger partial charge on any atom is -0.352 e. The van der Waals surface area contributed by atoms with Crippen molar-refractivity contribution in [3.05, 3.63) is 18.0 Å². The smallest absolute Gasteiger partial charge is 0.242 e. The Balaban J connectivity index is 2.01. The zero-order valence-corrected chi connectivity index (χ0v) is 13.9. The standard InChI is InChI=1S/C14H26N4O2S/c1-12(10-18-6-4-5-7-18)16-21(19,20)14-8-13(9-15-2)17(3)11-14/h8,11-12,15-16H,4-7,9-10H2,1-3H3. The van der Waals surface area contributed by atoms with Crippen molar-refractivity contribution < 1.29 is 8.42 Å². The van der Waals surface area contributed by atoms with Gasteiger partial charge in [0.15, 0.2) is 0 Å². The van der Waals surface area contributed by atoms with Gasteiger partial charge in [-0.3, -0.25) is 0 Å². The summed E-state index contributed by atoms with van der Waals surface area (Å²) in [5, 5.41) is 3.04. The zero-order chi connectivity index (χ0) is 15.5. The normalized spacial score (nSPS) is 18.2. The van der Waals surface area contributed by atoms with Crippen molar-refractivity contribution in [2.45, 2.75) is 37.2 Å². The molecule has 2 N–H and O–H groups in total. The van der Waals surface area contributed by atoms with E-state index in [4.69, 9.17) is 0 Å². The van der Waals surface area contributed by atoms with Gasteiger partial charge in [0.25, 0.3) is 0 Å². The van der Waals surface area contributed by atoms with Gasteiger partial charge >= 0.3 is 0 Å². The fraction of sp³-hybridized carbons (Fsp3) is 0.714. The van der Waals surface area contributed by atoms with E-state index < -0.39 is 10.0 Å². The average Bonchev–Trinajstić information content (AvgIpc) is 3.00. The third kappa shape index (κ3) is 4.29. The van der Waals surface area contributed by atoms with E-state index in [1.807, 2.05) is 25.6 Å². The Morgan fingerprint density at radius 2 is 2.00 bits per heavy atom. The van der Waals surface area contributed by atoms with Crippen LogP contribution in [0.4, 0.5) is 0 Å². The van der Waals surface area contributed by atoms with Crippen LogP contribution in [-0.4, -0.2) is 50.6 Å². The molecule has 0 bridgehead atoms. The van der Waals surface area contributed by atoms with E-state index in [9.17, 15) is 8.42 Å². The van der Waals surface area contributed by atoms with E-state index in [2.05, 4.69) is 14.9 Å². The molecule has 0 saturated carbocycles. The molecule has 2 heterocycles. The number of nitrogens with one attached hydrogen (secondary N) is 2. The SMILES string of the molecule is CNCc1cc(S(=O)(=O)NC(C)CN2CCCC2)cn1C. The molecule has 120 valence electrons. The first-order chi connectivity index (χ1) is 9.92. The van der Waals surface area contributed by atoms with Gasteiger partial charge in [-0.25, -0.2) is 13.1 Å². The van der Waals surface area contributed by atoms with Crippen LogP contribution in [0.15, 0.2) is 17.2 Å². The first-order valence-electron chi connectivity index (χ1n) is 7.47. The Morgan fingerprint density at radius 3 is 2.62 bits per heavy atom. The number of hydrogen-bond acceptors (Lipinski definition) is 4. The first-order valence-corrected chi connectivity index (χ1v) is 8.95. The van der Waals surface area contributed by atoms with Gasteiger partial charge in [0, 0.05) is 38.1 Å². The third-order valence-corrected chi connectivity index (χ3v) is 5.39. The number of nitrogens with zero attached hydrogens (tertiary/aromatic N) is 2. The number of rotatable bonds is 7. The molecule has 0 radical (unpaired) electrons. The van der Waals surface area contributed by atoms with Gasteiger partial charge in [0.1, 0.15) is 0 Å². The fourth-order valence-corrected chi connectivity index (χ4v) is 4.13. The largest absolute Gasteiger partial charge is 0.352 e. The van der Waals surface area contributed by atoms with Gasteiger partial charge in [0.05, 0.1) is 4.90 Å². The Labute approximate surface area is 127 Å². The second-order valence-electron chi connectivity index (χ2n) is 5.84. The Bertz CT molecular complexity index is 562. The summed E-state index contributed by atoms with van der Waals surface area (Å²) in [6.07, 6.45) is 4.09. The van der Waals surface area contributed by atoms with Crippen molar-refractivity contribution in [2.24, 2.45) is 7.05 Å². The molecule has 2 rings (SSSR count). The molecular weight excluding hydrogens is 288 g/mol. The summed E-state index contributed by atoms with van der Waals surface area (Å²) in [6.45, 7) is 5.49. The van der Waals surface area contributed by atoms with Crippen LogP contribution in [0.1, 0.15) is 25.5 Å². The number of sulfonamides is 1. The Morgan fingerprint density at radius 1 is 1.33 bits per heavy atom. The summed E-state index contributed by atoms with van der Waals surface area (Å²) in [5.41, 5.74) is 0.949. The highest BCUT2D eigenvalue weighted by molar-refractivity contribution is 7.89. The third-order valence-electron chi connectivity index (χ3n) is 3.84. The zero-order valence-electron chi connectivity index (χ0n) is 13.1. The van der Waals surface area contributed by atoms with Crippen molar-refractivity contribution in [2.75, 3.05) is 26.7 Å². The molecule has 1 aliphatic heterocycles. The average molecular weight is 314 g/mol. The van der Waals surface area contributed by atoms with Crippen LogP contribution in [0, 0.1) is 0 Å². The Hall–Kier alpha value is -0.890. The van der Waals surface area contributed by atoms with Gasteiger partial charge in [0.2, 0.25) is 10.0 Å². The molecule has 7 heteroatoms. The number of likely N-dealkylation sites (tertiary alicyclic amines) is 1. The lowest BCUT2D eigenvalue weighted by Crippen LogP contribution is -2.40. The van der Waals surface area contributed by atoms with Crippen molar-refractivity contribution >= 4 is 10.0 Å². The van der Waals surface area contributed by atoms with Gasteiger partial charge < -0.3 is 14.8 Å². The van der Waals surface area contributed by atoms with E-state index in [0.717, 1.165) is 25.3 Å². The lowest BCUT2D eigenvalue weighted by Gasteiger charge is -2.20. The van der Waals surface area contributed by atoms with E-state index in [1.54, 1.807) is 12.3 Å². The number of hydrogen-bond donors (Lipinski definition) is 2. The van der Waals surface area contributed by atoms with E-state index in [-0.39, 0.29) is 6.04 Å². The lowest BCUT2D eigenvalue weighted by atomic mass is 10.3. The summed E-state index contributed by atoms with van der Waals surface area (Å²) in [5.74, 6) is 0. The van der Waals surface area contributed by atoms with Crippen LogP contribution < -0.4 is 10.0 Å². The maximum atomic E-state index is 12.4. The van der Waals surface area contributed by atoms with Crippen LogP contribution in [0.25, 0.3) is 0 Å². The van der Waals surface area contributed by atoms with E-state index in [1.165, 1.54) is 12.8 Å². The van der Waals surface area contributed by atoms with Crippen molar-refractivity contribution in [3.63, 3.8) is 0 Å². The predicted molar refractivity (Wildman–Crippen MR) is 83.6 cm³/mol. The molecule has 6 nitrogen and oxygen atoms in total. The van der Waals surface area contributed by atoms with Crippen LogP contribution in [0.2, 0.25) is 0 Å². The van der Waals surface area contributed by atoms with Crippen LogP contribution in [0.3, 0.4) is 0 Å². The highest BCUT2D eigenvalue weighted by Gasteiger charge is 2.22. The number of aryl methyl sites for hydroxylation is 1. The molecule has 1 aromatic heterocycles. The maximum absolute atomic E-state index is 12.4. The molecule has 1 aliphatic rings. The molecule has 1 fully saturated rings. The summed E-state index contributed by atoms with van der Waals surface area (Å²) in [4.78, 5) is 2.65. The Kier molecular flexibility index (Phi) is 5.43. The minimum absolute atomic E-state index is 0.0824. The second kappa shape index (κ2) is 6.91. The van der Waals surface area contributed by atoms with Crippen LogP contribution >= 0.6 is 0 Å². The first kappa shape index (κ1) is 16.5. The summed E-state index contributed by atoms with van der Waals surface area (Å²) >= 11 is 0. The van der Waals surface area contributed by atoms with Crippen molar-refractivity contribution in [1.82, 2.24) is 19.5 Å². The van der Waals surface area contributed by atoms with Gasteiger partial charge in [-0.2, -0.15) is 0 Å². The van der Waals surface area contributed by atoms with Crippen molar-refractivity contribution in [3.8, 4) is 0 Å². The monoisotopic (exact) mass is 314 g/mol. The lowest BCUT2D eigenvalue weighted by molar-refractivity contribution is 0.313. The topological polar surface area (TPSA) is 66.4 Å². The molecule has 0 amide bonds. The molecule has 1 unspecified atom stereocenters. The minimum atomic E-state index is -3.45. The molecule has 1 saturated heterocycles. The fourth-order valence-electron chi connectivity index (χ4n) is 2.80. The maximum Gasteiger partial charge on any atom is 0.242 e. The van der Waals surface area contributed by atoms with E-state index in [0.29, 0.717) is 11.4 Å². The molecule has 1 atom stereocenters. The van der Waals surface area contributed by atoms with E-state index >= 15 is 0 Å².